The second kappa shape index (κ2) is 5.77. The van der Waals surface area contributed by atoms with E-state index < -0.39 is 0 Å². The molecule has 1 aromatic heterocycles. The summed E-state index contributed by atoms with van der Waals surface area (Å²) in [6.07, 6.45) is 2.57. The van der Waals surface area contributed by atoms with Crippen LogP contribution in [0, 0.1) is 0 Å². The van der Waals surface area contributed by atoms with Crippen LogP contribution in [0.2, 0.25) is 0 Å². The number of rotatable bonds is 3. The molecule has 2 aromatic rings. The average molecular weight is 270 g/mol. The molecule has 0 atom stereocenters. The summed E-state index contributed by atoms with van der Waals surface area (Å²) in [5, 5.41) is 3.22. The summed E-state index contributed by atoms with van der Waals surface area (Å²) in [5.74, 6) is 2.66. The molecule has 1 N–H and O–H groups in total. The predicted molar refractivity (Wildman–Crippen MR) is 79.8 cm³/mol. The zero-order valence-electron chi connectivity index (χ0n) is 11.5. The van der Waals surface area contributed by atoms with Crippen LogP contribution < -0.4 is 15.0 Å². The number of para-hydroxylation sites is 2. The molecule has 0 amide bonds. The molecule has 1 aliphatic heterocycles. The smallest absolute Gasteiger partial charge is 0.142 e. The fourth-order valence-corrected chi connectivity index (χ4v) is 2.34. The number of nitrogens with one attached hydrogen (secondary N) is 1. The fourth-order valence-electron chi connectivity index (χ4n) is 2.34. The molecule has 104 valence electrons. The van der Waals surface area contributed by atoms with E-state index in [1.54, 1.807) is 6.33 Å². The van der Waals surface area contributed by atoms with E-state index in [0.717, 1.165) is 49.2 Å². The Labute approximate surface area is 118 Å². The minimum Gasteiger partial charge on any atom is -0.491 e. The number of benzene rings is 1. The van der Waals surface area contributed by atoms with E-state index in [0.29, 0.717) is 0 Å². The van der Waals surface area contributed by atoms with Crippen molar-refractivity contribution in [3.05, 3.63) is 36.7 Å². The van der Waals surface area contributed by atoms with Crippen molar-refractivity contribution < 1.29 is 4.74 Å². The molecule has 0 saturated carbocycles. The Morgan fingerprint density at radius 2 is 2.20 bits per heavy atom. The first-order valence-electron chi connectivity index (χ1n) is 6.94. The van der Waals surface area contributed by atoms with Gasteiger partial charge in [-0.2, -0.15) is 0 Å². The summed E-state index contributed by atoms with van der Waals surface area (Å²) in [6, 6.07) is 10.1. The Kier molecular flexibility index (Phi) is 3.67. The lowest BCUT2D eigenvalue weighted by molar-refractivity contribution is 0.322. The number of hydrogen-bond donors (Lipinski definition) is 1. The van der Waals surface area contributed by atoms with Crippen LogP contribution in [0.25, 0.3) is 0 Å². The highest BCUT2D eigenvalue weighted by molar-refractivity contribution is 5.68. The van der Waals surface area contributed by atoms with E-state index in [9.17, 15) is 0 Å². The van der Waals surface area contributed by atoms with Crippen molar-refractivity contribution in [1.82, 2.24) is 9.97 Å². The third-order valence-electron chi connectivity index (χ3n) is 3.23. The molecular weight excluding hydrogens is 252 g/mol. The molecule has 0 spiro atoms. The summed E-state index contributed by atoms with van der Waals surface area (Å²) >= 11 is 0. The molecule has 1 aromatic carbocycles. The number of aromatic nitrogens is 2. The van der Waals surface area contributed by atoms with Crippen LogP contribution in [0.5, 0.6) is 5.75 Å². The van der Waals surface area contributed by atoms with Crippen molar-refractivity contribution in [1.29, 1.82) is 0 Å². The molecule has 5 heteroatoms. The topological polar surface area (TPSA) is 50.3 Å². The summed E-state index contributed by atoms with van der Waals surface area (Å²) in [6.45, 7) is 4.52. The first-order chi connectivity index (χ1) is 9.88. The van der Waals surface area contributed by atoms with Gasteiger partial charge in [-0.3, -0.25) is 0 Å². The number of ether oxygens (including phenoxy) is 1. The van der Waals surface area contributed by atoms with Crippen molar-refractivity contribution in [2.45, 2.75) is 13.3 Å². The van der Waals surface area contributed by atoms with E-state index in [1.807, 2.05) is 24.3 Å². The highest BCUT2D eigenvalue weighted by Gasteiger charge is 2.18. The van der Waals surface area contributed by atoms with Gasteiger partial charge in [0.05, 0.1) is 12.3 Å². The van der Waals surface area contributed by atoms with Gasteiger partial charge in [0.15, 0.2) is 0 Å². The maximum atomic E-state index is 5.78. The van der Waals surface area contributed by atoms with E-state index in [4.69, 9.17) is 4.74 Å². The molecule has 20 heavy (non-hydrogen) atoms. The van der Waals surface area contributed by atoms with Gasteiger partial charge >= 0.3 is 0 Å². The largest absolute Gasteiger partial charge is 0.491 e. The van der Waals surface area contributed by atoms with Gasteiger partial charge in [0.25, 0.3) is 0 Å². The summed E-state index contributed by atoms with van der Waals surface area (Å²) in [4.78, 5) is 10.8. The van der Waals surface area contributed by atoms with Crippen molar-refractivity contribution in [2.75, 3.05) is 29.9 Å². The van der Waals surface area contributed by atoms with Crippen LogP contribution >= 0.6 is 0 Å². The van der Waals surface area contributed by atoms with Crippen LogP contribution in [-0.4, -0.2) is 29.7 Å². The third kappa shape index (κ3) is 2.52. The second-order valence-electron chi connectivity index (χ2n) is 4.61. The summed E-state index contributed by atoms with van der Waals surface area (Å²) in [5.41, 5.74) is 1.06. The molecule has 1 aliphatic rings. The monoisotopic (exact) mass is 270 g/mol. The van der Waals surface area contributed by atoms with Gasteiger partial charge in [-0.1, -0.05) is 12.1 Å². The van der Waals surface area contributed by atoms with E-state index >= 15 is 0 Å². The highest BCUT2D eigenvalue weighted by Crippen LogP contribution is 2.35. The number of fused-ring (bicyclic) bond motifs is 1. The predicted octanol–water partition coefficient (Wildman–Crippen LogP) is 2.83. The molecule has 3 rings (SSSR count). The van der Waals surface area contributed by atoms with Gasteiger partial charge in [0.2, 0.25) is 0 Å². The molecule has 0 aliphatic carbocycles. The fraction of sp³-hybridized carbons (Fsp3) is 0.333. The minimum atomic E-state index is 0.735. The van der Waals surface area contributed by atoms with Crippen LogP contribution in [0.1, 0.15) is 13.3 Å². The van der Waals surface area contributed by atoms with Crippen LogP contribution in [-0.2, 0) is 0 Å². The van der Waals surface area contributed by atoms with Gasteiger partial charge in [-0.25, -0.2) is 9.97 Å². The molecule has 0 radical (unpaired) electrons. The second-order valence-corrected chi connectivity index (χ2v) is 4.61. The normalized spacial score (nSPS) is 14.2. The molecule has 5 nitrogen and oxygen atoms in total. The average Bonchev–Trinajstić information content (AvgIpc) is 2.70. The van der Waals surface area contributed by atoms with E-state index in [2.05, 4.69) is 33.2 Å². The Morgan fingerprint density at radius 1 is 1.30 bits per heavy atom. The number of hydrogen-bond acceptors (Lipinski definition) is 5. The lowest BCUT2D eigenvalue weighted by atomic mass is 10.2. The zero-order chi connectivity index (χ0) is 13.8. The van der Waals surface area contributed by atoms with Gasteiger partial charge in [-0.05, 0) is 25.5 Å². The zero-order valence-corrected chi connectivity index (χ0v) is 11.5. The van der Waals surface area contributed by atoms with Crippen molar-refractivity contribution in [3.8, 4) is 5.75 Å². The van der Waals surface area contributed by atoms with Gasteiger partial charge in [0, 0.05) is 19.2 Å². The molecular formula is C15H18N4O. The van der Waals surface area contributed by atoms with Gasteiger partial charge in [-0.15, -0.1) is 0 Å². The van der Waals surface area contributed by atoms with Crippen molar-refractivity contribution in [3.63, 3.8) is 0 Å². The lowest BCUT2D eigenvalue weighted by Gasteiger charge is -2.22. The lowest BCUT2D eigenvalue weighted by Crippen LogP contribution is -2.19. The Morgan fingerprint density at radius 3 is 3.10 bits per heavy atom. The summed E-state index contributed by atoms with van der Waals surface area (Å²) in [7, 11) is 0. The maximum Gasteiger partial charge on any atom is 0.142 e. The highest BCUT2D eigenvalue weighted by atomic mass is 16.5. The summed E-state index contributed by atoms with van der Waals surface area (Å²) < 4.78 is 5.78. The quantitative estimate of drug-likeness (QED) is 0.929. The van der Waals surface area contributed by atoms with Crippen LogP contribution in [0.3, 0.4) is 0 Å². The molecule has 0 bridgehead atoms. The third-order valence-corrected chi connectivity index (χ3v) is 3.23. The maximum absolute atomic E-state index is 5.78. The van der Waals surface area contributed by atoms with Gasteiger partial charge in [0.1, 0.15) is 23.7 Å². The van der Waals surface area contributed by atoms with Crippen molar-refractivity contribution in [2.24, 2.45) is 0 Å². The first-order valence-corrected chi connectivity index (χ1v) is 6.94. The molecule has 0 fully saturated rings. The Balaban J connectivity index is 1.98. The van der Waals surface area contributed by atoms with Crippen LogP contribution in [0.4, 0.5) is 17.3 Å². The first kappa shape index (κ1) is 12.7. The standard InChI is InChI=1S/C15H18N4O/c1-2-16-14-10-15(18-11-17-14)19-8-5-9-20-13-7-4-3-6-12(13)19/h3-4,6-7,10-11H,2,5,8-9H2,1H3,(H,16,17,18). The van der Waals surface area contributed by atoms with Crippen molar-refractivity contribution >= 4 is 17.3 Å². The molecule has 0 saturated heterocycles. The number of anilines is 3. The van der Waals surface area contributed by atoms with E-state index in [-0.39, 0.29) is 0 Å². The Bertz CT molecular complexity index is 588. The van der Waals surface area contributed by atoms with Crippen LogP contribution in [0.15, 0.2) is 36.7 Å². The molecule has 2 heterocycles. The number of nitrogens with zero attached hydrogens (tertiary/aromatic N) is 3. The minimum absolute atomic E-state index is 0.735. The van der Waals surface area contributed by atoms with E-state index in [1.165, 1.54) is 0 Å². The SMILES string of the molecule is CCNc1cc(N2CCCOc3ccccc32)ncn1. The van der Waals surface area contributed by atoms with Gasteiger partial charge < -0.3 is 15.0 Å². The molecule has 0 unspecified atom stereocenters. The Hall–Kier alpha value is -2.30.